The summed E-state index contributed by atoms with van der Waals surface area (Å²) in [5.74, 6) is -1.02. The van der Waals surface area contributed by atoms with E-state index in [0.29, 0.717) is 6.42 Å². The molecule has 6 nitrogen and oxygen atoms in total. The first kappa shape index (κ1) is 12.6. The Morgan fingerprint density at radius 1 is 1.56 bits per heavy atom. The van der Waals surface area contributed by atoms with E-state index in [1.54, 1.807) is 13.8 Å². The molecule has 4 N–H and O–H groups in total. The van der Waals surface area contributed by atoms with Crippen molar-refractivity contribution in [2.75, 3.05) is 0 Å². The van der Waals surface area contributed by atoms with Gasteiger partial charge in [0.15, 0.2) is 0 Å². The van der Waals surface area contributed by atoms with Gasteiger partial charge in [0.1, 0.15) is 6.04 Å². The minimum absolute atomic E-state index is 0.144. The van der Waals surface area contributed by atoms with Crippen LogP contribution in [0.4, 0.5) is 0 Å². The van der Waals surface area contributed by atoms with Gasteiger partial charge in [-0.15, -0.1) is 0 Å². The van der Waals surface area contributed by atoms with Gasteiger partial charge < -0.3 is 11.1 Å². The van der Waals surface area contributed by atoms with Gasteiger partial charge in [-0.25, -0.2) is 0 Å². The highest BCUT2D eigenvalue weighted by Gasteiger charge is 2.28. The Kier molecular flexibility index (Phi) is 3.64. The molecule has 1 fully saturated rings. The first-order chi connectivity index (χ1) is 7.28. The van der Waals surface area contributed by atoms with E-state index in [1.807, 2.05) is 0 Å². The molecule has 1 saturated heterocycles. The first-order valence-electron chi connectivity index (χ1n) is 5.20. The molecule has 3 amide bonds. The van der Waals surface area contributed by atoms with E-state index in [4.69, 9.17) is 5.73 Å². The Hall–Kier alpha value is -1.43. The fourth-order valence-corrected chi connectivity index (χ4v) is 1.49. The third-order valence-electron chi connectivity index (χ3n) is 2.19. The third kappa shape index (κ3) is 3.98. The molecule has 6 heteroatoms. The summed E-state index contributed by atoms with van der Waals surface area (Å²) in [6.07, 6.45) is 0.745. The zero-order valence-corrected chi connectivity index (χ0v) is 9.50. The van der Waals surface area contributed by atoms with Crippen molar-refractivity contribution < 1.29 is 14.4 Å². The number of imide groups is 1. The Labute approximate surface area is 93.9 Å². The van der Waals surface area contributed by atoms with Crippen molar-refractivity contribution in [3.63, 3.8) is 0 Å². The van der Waals surface area contributed by atoms with Gasteiger partial charge in [0.2, 0.25) is 17.7 Å². The molecule has 90 valence electrons. The van der Waals surface area contributed by atoms with E-state index in [9.17, 15) is 14.4 Å². The highest BCUT2D eigenvalue weighted by atomic mass is 16.2. The molecule has 1 aliphatic heterocycles. The molecule has 1 aliphatic rings. The SMILES string of the molecule is CC(C)(N)CC(=O)NC1CCC(=O)NC1=O. The molecule has 1 unspecified atom stereocenters. The lowest BCUT2D eigenvalue weighted by atomic mass is 10.0. The summed E-state index contributed by atoms with van der Waals surface area (Å²) in [7, 11) is 0. The molecule has 0 saturated carbocycles. The van der Waals surface area contributed by atoms with Crippen LogP contribution < -0.4 is 16.4 Å². The lowest BCUT2D eigenvalue weighted by Gasteiger charge is -2.24. The first-order valence-corrected chi connectivity index (χ1v) is 5.20. The van der Waals surface area contributed by atoms with E-state index in [-0.39, 0.29) is 24.7 Å². The largest absolute Gasteiger partial charge is 0.344 e. The predicted octanol–water partition coefficient (Wildman–Crippen LogP) is -0.965. The highest BCUT2D eigenvalue weighted by Crippen LogP contribution is 2.07. The van der Waals surface area contributed by atoms with Gasteiger partial charge in [0.05, 0.1) is 0 Å². The number of nitrogens with two attached hydrogens (primary N) is 1. The molecule has 1 rings (SSSR count). The molecule has 0 spiro atoms. The molecule has 16 heavy (non-hydrogen) atoms. The zero-order chi connectivity index (χ0) is 12.3. The summed E-state index contributed by atoms with van der Waals surface area (Å²) in [6, 6.07) is -0.618. The number of hydrogen-bond donors (Lipinski definition) is 3. The number of nitrogens with one attached hydrogen (secondary N) is 2. The molecule has 1 atom stereocenters. The van der Waals surface area contributed by atoms with E-state index >= 15 is 0 Å². The summed E-state index contributed by atoms with van der Waals surface area (Å²) in [6.45, 7) is 3.47. The highest BCUT2D eigenvalue weighted by molar-refractivity contribution is 6.01. The van der Waals surface area contributed by atoms with Crippen molar-refractivity contribution in [3.05, 3.63) is 0 Å². The smallest absolute Gasteiger partial charge is 0.249 e. The van der Waals surface area contributed by atoms with Crippen LogP contribution in [0.15, 0.2) is 0 Å². The fourth-order valence-electron chi connectivity index (χ4n) is 1.49. The lowest BCUT2D eigenvalue weighted by Crippen LogP contribution is -2.53. The van der Waals surface area contributed by atoms with Gasteiger partial charge in [-0.2, -0.15) is 0 Å². The number of hydrogen-bond acceptors (Lipinski definition) is 4. The molecule has 1 heterocycles. The normalized spacial score (nSPS) is 21.6. The van der Waals surface area contributed by atoms with E-state index in [0.717, 1.165) is 0 Å². The summed E-state index contributed by atoms with van der Waals surface area (Å²) in [4.78, 5) is 33.7. The van der Waals surface area contributed by atoms with Gasteiger partial charge in [0.25, 0.3) is 0 Å². The second-order valence-corrected chi connectivity index (χ2v) is 4.74. The summed E-state index contributed by atoms with van der Waals surface area (Å²) >= 11 is 0. The van der Waals surface area contributed by atoms with Crippen LogP contribution in [0.5, 0.6) is 0 Å². The summed E-state index contributed by atoms with van der Waals surface area (Å²) in [5.41, 5.74) is 5.08. The van der Waals surface area contributed by atoms with Crippen LogP contribution in [0.1, 0.15) is 33.1 Å². The van der Waals surface area contributed by atoms with Crippen LogP contribution in [-0.2, 0) is 14.4 Å². The predicted molar refractivity (Wildman–Crippen MR) is 57.2 cm³/mol. The number of carbonyl (C=O) groups excluding carboxylic acids is 3. The van der Waals surface area contributed by atoms with Crippen molar-refractivity contribution in [1.29, 1.82) is 0 Å². The number of piperidine rings is 1. The molecule has 0 aromatic heterocycles. The average molecular weight is 227 g/mol. The topological polar surface area (TPSA) is 101 Å². The number of carbonyl (C=O) groups is 3. The molecule has 0 aliphatic carbocycles. The van der Waals surface area contributed by atoms with E-state index in [2.05, 4.69) is 10.6 Å². The third-order valence-corrected chi connectivity index (χ3v) is 2.19. The van der Waals surface area contributed by atoms with Crippen LogP contribution in [-0.4, -0.2) is 29.3 Å². The molecular weight excluding hydrogens is 210 g/mol. The van der Waals surface area contributed by atoms with Crippen molar-refractivity contribution >= 4 is 17.7 Å². The minimum Gasteiger partial charge on any atom is -0.344 e. The Morgan fingerprint density at radius 2 is 2.19 bits per heavy atom. The standard InChI is InChI=1S/C10H17N3O3/c1-10(2,11)5-8(15)12-6-3-4-7(14)13-9(6)16/h6H,3-5,11H2,1-2H3,(H,12,15)(H,13,14,16). The maximum absolute atomic E-state index is 11.5. The number of amides is 3. The maximum Gasteiger partial charge on any atom is 0.249 e. The van der Waals surface area contributed by atoms with Gasteiger partial charge in [-0.05, 0) is 20.3 Å². The van der Waals surface area contributed by atoms with Crippen molar-refractivity contribution in [1.82, 2.24) is 10.6 Å². The second-order valence-electron chi connectivity index (χ2n) is 4.74. The quantitative estimate of drug-likeness (QED) is 0.540. The zero-order valence-electron chi connectivity index (χ0n) is 9.50. The minimum atomic E-state index is -0.618. The summed E-state index contributed by atoms with van der Waals surface area (Å²) in [5, 5.41) is 4.74. The van der Waals surface area contributed by atoms with Gasteiger partial charge in [-0.1, -0.05) is 0 Å². The van der Waals surface area contributed by atoms with Crippen LogP contribution in [0.3, 0.4) is 0 Å². The van der Waals surface area contributed by atoms with Gasteiger partial charge in [-0.3, -0.25) is 19.7 Å². The van der Waals surface area contributed by atoms with Crippen LogP contribution in [0, 0.1) is 0 Å². The van der Waals surface area contributed by atoms with E-state index < -0.39 is 17.5 Å². The molecule has 0 bridgehead atoms. The van der Waals surface area contributed by atoms with Gasteiger partial charge in [0, 0.05) is 18.4 Å². The molecular formula is C10H17N3O3. The maximum atomic E-state index is 11.5. The van der Waals surface area contributed by atoms with E-state index in [1.165, 1.54) is 0 Å². The van der Waals surface area contributed by atoms with Crippen molar-refractivity contribution in [3.8, 4) is 0 Å². The van der Waals surface area contributed by atoms with Crippen LogP contribution >= 0.6 is 0 Å². The van der Waals surface area contributed by atoms with Gasteiger partial charge >= 0.3 is 0 Å². The Balaban J connectivity index is 2.45. The lowest BCUT2D eigenvalue weighted by molar-refractivity contribution is -0.137. The fraction of sp³-hybridized carbons (Fsp3) is 0.700. The number of rotatable bonds is 3. The van der Waals surface area contributed by atoms with Crippen LogP contribution in [0.25, 0.3) is 0 Å². The van der Waals surface area contributed by atoms with Crippen molar-refractivity contribution in [2.45, 2.75) is 44.7 Å². The second kappa shape index (κ2) is 4.61. The summed E-state index contributed by atoms with van der Waals surface area (Å²) < 4.78 is 0. The molecule has 0 aromatic carbocycles. The molecule has 0 radical (unpaired) electrons. The Morgan fingerprint density at radius 3 is 2.69 bits per heavy atom. The van der Waals surface area contributed by atoms with Crippen LogP contribution in [0.2, 0.25) is 0 Å². The molecule has 0 aromatic rings. The Bertz CT molecular complexity index is 320. The monoisotopic (exact) mass is 227 g/mol. The average Bonchev–Trinajstić information content (AvgIpc) is 2.06. The van der Waals surface area contributed by atoms with Crippen molar-refractivity contribution in [2.24, 2.45) is 5.73 Å².